The van der Waals surface area contributed by atoms with Crippen LogP contribution in [-0.2, 0) is 6.42 Å². The van der Waals surface area contributed by atoms with Gasteiger partial charge in [0.15, 0.2) is 0 Å². The van der Waals surface area contributed by atoms with Crippen LogP contribution in [0.3, 0.4) is 0 Å². The summed E-state index contributed by atoms with van der Waals surface area (Å²) in [5.41, 5.74) is 5.16. The molecule has 0 amide bonds. The van der Waals surface area contributed by atoms with E-state index < -0.39 is 0 Å². The van der Waals surface area contributed by atoms with Gasteiger partial charge in [0, 0.05) is 0 Å². The Labute approximate surface area is 105 Å². The van der Waals surface area contributed by atoms with Gasteiger partial charge in [0.25, 0.3) is 0 Å². The van der Waals surface area contributed by atoms with Crippen LogP contribution in [0.15, 0.2) is 22.7 Å². The number of hydrogen-bond donors (Lipinski definition) is 1. The number of aromatic nitrogens is 3. The van der Waals surface area contributed by atoms with E-state index in [9.17, 15) is 0 Å². The monoisotopic (exact) mass is 241 g/mol. The van der Waals surface area contributed by atoms with Crippen molar-refractivity contribution in [2.24, 2.45) is 0 Å². The first-order valence-electron chi connectivity index (χ1n) is 6.11. The van der Waals surface area contributed by atoms with Crippen LogP contribution in [0.5, 0.6) is 0 Å². The number of nitrogens with one attached hydrogen (secondary N) is 1. The van der Waals surface area contributed by atoms with Crippen molar-refractivity contribution in [3.05, 3.63) is 35.2 Å². The van der Waals surface area contributed by atoms with Gasteiger partial charge in [-0.3, -0.25) is 0 Å². The predicted molar refractivity (Wildman–Crippen MR) is 70.4 cm³/mol. The third-order valence-electron chi connectivity index (χ3n) is 3.22. The van der Waals surface area contributed by atoms with Crippen molar-refractivity contribution < 1.29 is 4.52 Å². The van der Waals surface area contributed by atoms with Crippen molar-refractivity contribution in [2.75, 3.05) is 0 Å². The number of hydrogen-bond acceptors (Lipinski definition) is 3. The van der Waals surface area contributed by atoms with Crippen LogP contribution in [0.4, 0.5) is 0 Å². The molecule has 18 heavy (non-hydrogen) atoms. The molecular formula is C14H15N3O. The average molecular weight is 241 g/mol. The Hall–Kier alpha value is -2.10. The summed E-state index contributed by atoms with van der Waals surface area (Å²) in [5.74, 6) is 1.62. The molecule has 2 heterocycles. The lowest BCUT2D eigenvalue weighted by Gasteiger charge is -1.94. The molecule has 0 radical (unpaired) electrons. The first-order valence-corrected chi connectivity index (χ1v) is 6.11. The largest absolute Gasteiger partial charge is 0.361 e. The third-order valence-corrected chi connectivity index (χ3v) is 3.22. The topological polar surface area (TPSA) is 54.7 Å². The van der Waals surface area contributed by atoms with E-state index in [2.05, 4.69) is 34.2 Å². The second-order valence-electron chi connectivity index (χ2n) is 4.49. The van der Waals surface area contributed by atoms with E-state index in [1.165, 1.54) is 5.56 Å². The fourth-order valence-electron chi connectivity index (χ4n) is 2.22. The summed E-state index contributed by atoms with van der Waals surface area (Å²) in [6.45, 7) is 5.98. The Morgan fingerprint density at radius 3 is 2.78 bits per heavy atom. The molecule has 0 spiro atoms. The summed E-state index contributed by atoms with van der Waals surface area (Å²) < 4.78 is 5.18. The lowest BCUT2D eigenvalue weighted by atomic mass is 10.1. The molecule has 1 N–H and O–H groups in total. The van der Waals surface area contributed by atoms with E-state index in [-0.39, 0.29) is 0 Å². The van der Waals surface area contributed by atoms with E-state index in [0.29, 0.717) is 0 Å². The SMILES string of the molecule is CCc1ccc2nc(-c3c(C)noc3C)[nH]c2c1. The van der Waals surface area contributed by atoms with Crippen molar-refractivity contribution in [1.29, 1.82) is 0 Å². The lowest BCUT2D eigenvalue weighted by Crippen LogP contribution is -1.83. The van der Waals surface area contributed by atoms with Gasteiger partial charge in [-0.15, -0.1) is 0 Å². The van der Waals surface area contributed by atoms with Gasteiger partial charge in [0.1, 0.15) is 11.6 Å². The molecule has 0 saturated heterocycles. The minimum Gasteiger partial charge on any atom is -0.361 e. The molecule has 3 rings (SSSR count). The second kappa shape index (κ2) is 3.98. The van der Waals surface area contributed by atoms with E-state index in [1.54, 1.807) is 0 Å². The molecule has 0 unspecified atom stereocenters. The maximum atomic E-state index is 5.18. The first kappa shape index (κ1) is 11.0. The molecule has 0 aliphatic rings. The number of nitrogens with zero attached hydrogens (tertiary/aromatic N) is 2. The number of H-pyrrole nitrogens is 1. The van der Waals surface area contributed by atoms with Crippen molar-refractivity contribution >= 4 is 11.0 Å². The van der Waals surface area contributed by atoms with Crippen LogP contribution >= 0.6 is 0 Å². The number of aryl methyl sites for hydroxylation is 3. The zero-order valence-corrected chi connectivity index (χ0v) is 10.7. The summed E-state index contributed by atoms with van der Waals surface area (Å²) in [6.07, 6.45) is 1.02. The zero-order valence-electron chi connectivity index (χ0n) is 10.7. The van der Waals surface area contributed by atoms with Crippen LogP contribution in [0.1, 0.15) is 23.9 Å². The molecule has 0 saturated carbocycles. The smallest absolute Gasteiger partial charge is 0.144 e. The van der Waals surface area contributed by atoms with Gasteiger partial charge in [0.05, 0.1) is 22.3 Å². The van der Waals surface area contributed by atoms with E-state index in [0.717, 1.165) is 40.3 Å². The molecule has 3 aromatic rings. The highest BCUT2D eigenvalue weighted by Gasteiger charge is 2.15. The normalized spacial score (nSPS) is 11.3. The van der Waals surface area contributed by atoms with Crippen LogP contribution in [0.2, 0.25) is 0 Å². The molecule has 4 nitrogen and oxygen atoms in total. The fourth-order valence-corrected chi connectivity index (χ4v) is 2.22. The number of benzene rings is 1. The Bertz CT molecular complexity index is 689. The zero-order chi connectivity index (χ0) is 12.7. The highest BCUT2D eigenvalue weighted by atomic mass is 16.5. The van der Waals surface area contributed by atoms with Gasteiger partial charge in [-0.25, -0.2) is 4.98 Å². The maximum absolute atomic E-state index is 5.18. The van der Waals surface area contributed by atoms with Crippen molar-refractivity contribution in [2.45, 2.75) is 27.2 Å². The van der Waals surface area contributed by atoms with Crippen LogP contribution in [0, 0.1) is 13.8 Å². The highest BCUT2D eigenvalue weighted by molar-refractivity contribution is 5.80. The molecule has 4 heteroatoms. The van der Waals surface area contributed by atoms with Crippen LogP contribution in [-0.4, -0.2) is 15.1 Å². The van der Waals surface area contributed by atoms with Crippen molar-refractivity contribution in [3.8, 4) is 11.4 Å². The lowest BCUT2D eigenvalue weighted by molar-refractivity contribution is 0.393. The highest BCUT2D eigenvalue weighted by Crippen LogP contribution is 2.26. The number of aromatic amines is 1. The summed E-state index contributed by atoms with van der Waals surface area (Å²) >= 11 is 0. The van der Waals surface area contributed by atoms with E-state index >= 15 is 0 Å². The Balaban J connectivity index is 2.19. The summed E-state index contributed by atoms with van der Waals surface area (Å²) in [7, 11) is 0. The third kappa shape index (κ3) is 1.61. The minimum absolute atomic E-state index is 0.794. The maximum Gasteiger partial charge on any atom is 0.144 e. The molecule has 2 aromatic heterocycles. The number of rotatable bonds is 2. The summed E-state index contributed by atoms with van der Waals surface area (Å²) in [4.78, 5) is 7.94. The molecule has 0 fully saturated rings. The Kier molecular flexibility index (Phi) is 2.44. The second-order valence-corrected chi connectivity index (χ2v) is 4.49. The minimum atomic E-state index is 0.794. The van der Waals surface area contributed by atoms with Gasteiger partial charge in [0.2, 0.25) is 0 Å². The van der Waals surface area contributed by atoms with E-state index in [4.69, 9.17) is 4.52 Å². The van der Waals surface area contributed by atoms with Gasteiger partial charge in [-0.05, 0) is 38.0 Å². The Morgan fingerprint density at radius 1 is 1.28 bits per heavy atom. The number of fused-ring (bicyclic) bond motifs is 1. The number of imidazole rings is 1. The van der Waals surface area contributed by atoms with Gasteiger partial charge < -0.3 is 9.51 Å². The van der Waals surface area contributed by atoms with Crippen molar-refractivity contribution in [1.82, 2.24) is 15.1 Å². The summed E-state index contributed by atoms with van der Waals surface area (Å²) in [5, 5.41) is 3.96. The quantitative estimate of drug-likeness (QED) is 0.748. The molecule has 0 aliphatic carbocycles. The summed E-state index contributed by atoms with van der Waals surface area (Å²) in [6, 6.07) is 6.30. The molecule has 0 bridgehead atoms. The standard InChI is InChI=1S/C14H15N3O/c1-4-10-5-6-11-12(7-10)16-14(15-11)13-8(2)17-18-9(13)3/h5-7H,4H2,1-3H3,(H,15,16). The Morgan fingerprint density at radius 2 is 2.11 bits per heavy atom. The predicted octanol–water partition coefficient (Wildman–Crippen LogP) is 3.40. The molecular weight excluding hydrogens is 226 g/mol. The molecule has 0 aliphatic heterocycles. The molecule has 1 aromatic carbocycles. The molecule has 92 valence electrons. The van der Waals surface area contributed by atoms with Crippen molar-refractivity contribution in [3.63, 3.8) is 0 Å². The van der Waals surface area contributed by atoms with Gasteiger partial charge in [-0.1, -0.05) is 18.1 Å². The average Bonchev–Trinajstić information content (AvgIpc) is 2.91. The fraction of sp³-hybridized carbons (Fsp3) is 0.286. The van der Waals surface area contributed by atoms with Crippen LogP contribution < -0.4 is 0 Å². The van der Waals surface area contributed by atoms with Gasteiger partial charge >= 0.3 is 0 Å². The van der Waals surface area contributed by atoms with Crippen LogP contribution in [0.25, 0.3) is 22.4 Å². The van der Waals surface area contributed by atoms with E-state index in [1.807, 2.05) is 19.9 Å². The molecule has 0 atom stereocenters. The van der Waals surface area contributed by atoms with Gasteiger partial charge in [-0.2, -0.15) is 0 Å². The first-order chi connectivity index (χ1) is 8.69.